The minimum Gasteiger partial charge on any atom is -0.481 e. The summed E-state index contributed by atoms with van der Waals surface area (Å²) >= 11 is 0. The van der Waals surface area contributed by atoms with Crippen LogP contribution in [0.1, 0.15) is 23.2 Å². The number of para-hydroxylation sites is 1. The second-order valence-corrected chi connectivity index (χ2v) is 5.46. The average Bonchev–Trinajstić information content (AvgIpc) is 2.42. The highest BCUT2D eigenvalue weighted by Crippen LogP contribution is 2.35. The van der Waals surface area contributed by atoms with Gasteiger partial charge in [-0.15, -0.1) is 0 Å². The van der Waals surface area contributed by atoms with Gasteiger partial charge >= 0.3 is 12.1 Å². The van der Waals surface area contributed by atoms with Crippen molar-refractivity contribution in [2.45, 2.75) is 19.0 Å². The van der Waals surface area contributed by atoms with Crippen LogP contribution in [0.2, 0.25) is 0 Å². The van der Waals surface area contributed by atoms with E-state index in [1.807, 2.05) is 0 Å². The number of rotatable bonds is 5. The molecule has 24 heavy (non-hydrogen) atoms. The summed E-state index contributed by atoms with van der Waals surface area (Å²) in [6.45, 7) is -1.49. The Morgan fingerprint density at radius 3 is 2.29 bits per heavy atom. The number of carboxylic acid groups (broad SMARTS) is 1. The third-order valence-electron chi connectivity index (χ3n) is 3.81. The Labute approximate surface area is 135 Å². The SMILES string of the molecule is O=C(NCC(F)(F)F)c1ccccc1NC(=O)[C@@H]1CC[C@H]1C(=O)O. The van der Waals surface area contributed by atoms with E-state index in [0.29, 0.717) is 12.8 Å². The van der Waals surface area contributed by atoms with Crippen molar-refractivity contribution in [1.82, 2.24) is 5.32 Å². The van der Waals surface area contributed by atoms with E-state index in [1.165, 1.54) is 24.3 Å². The molecule has 1 aliphatic rings. The fourth-order valence-electron chi connectivity index (χ4n) is 2.40. The van der Waals surface area contributed by atoms with Crippen molar-refractivity contribution in [2.24, 2.45) is 11.8 Å². The number of halogens is 3. The molecule has 3 N–H and O–H groups in total. The first-order valence-corrected chi connectivity index (χ1v) is 7.16. The van der Waals surface area contributed by atoms with E-state index in [0.717, 1.165) is 0 Å². The van der Waals surface area contributed by atoms with Gasteiger partial charge in [0, 0.05) is 0 Å². The van der Waals surface area contributed by atoms with Gasteiger partial charge in [0.1, 0.15) is 6.54 Å². The lowest BCUT2D eigenvalue weighted by Gasteiger charge is -2.32. The zero-order chi connectivity index (χ0) is 17.9. The predicted molar refractivity (Wildman–Crippen MR) is 77.3 cm³/mol. The van der Waals surface area contributed by atoms with Crippen molar-refractivity contribution in [3.05, 3.63) is 29.8 Å². The molecule has 0 aliphatic heterocycles. The highest BCUT2D eigenvalue weighted by atomic mass is 19.4. The molecule has 1 aliphatic carbocycles. The Morgan fingerprint density at radius 2 is 1.75 bits per heavy atom. The molecule has 1 aromatic rings. The Morgan fingerprint density at radius 1 is 1.12 bits per heavy atom. The summed E-state index contributed by atoms with van der Waals surface area (Å²) in [4.78, 5) is 34.9. The topological polar surface area (TPSA) is 95.5 Å². The average molecular weight is 344 g/mol. The van der Waals surface area contributed by atoms with Crippen LogP contribution >= 0.6 is 0 Å². The Kier molecular flexibility index (Phi) is 5.10. The number of benzene rings is 1. The fraction of sp³-hybridized carbons (Fsp3) is 0.400. The van der Waals surface area contributed by atoms with E-state index in [9.17, 15) is 27.6 Å². The van der Waals surface area contributed by atoms with Crippen molar-refractivity contribution in [3.8, 4) is 0 Å². The molecule has 9 heteroatoms. The summed E-state index contributed by atoms with van der Waals surface area (Å²) in [6, 6.07) is 5.60. The van der Waals surface area contributed by atoms with E-state index in [-0.39, 0.29) is 11.3 Å². The van der Waals surface area contributed by atoms with E-state index in [2.05, 4.69) is 5.32 Å². The monoisotopic (exact) mass is 344 g/mol. The summed E-state index contributed by atoms with van der Waals surface area (Å²) in [5, 5.41) is 13.1. The van der Waals surface area contributed by atoms with E-state index in [1.54, 1.807) is 5.32 Å². The van der Waals surface area contributed by atoms with Crippen LogP contribution in [0.25, 0.3) is 0 Å². The highest BCUT2D eigenvalue weighted by molar-refractivity contribution is 6.05. The van der Waals surface area contributed by atoms with Crippen LogP contribution in [0.4, 0.5) is 18.9 Å². The van der Waals surface area contributed by atoms with Gasteiger partial charge in [0.15, 0.2) is 0 Å². The van der Waals surface area contributed by atoms with Crippen molar-refractivity contribution in [3.63, 3.8) is 0 Å². The van der Waals surface area contributed by atoms with Gasteiger partial charge in [-0.2, -0.15) is 13.2 Å². The van der Waals surface area contributed by atoms with Gasteiger partial charge in [-0.1, -0.05) is 12.1 Å². The quantitative estimate of drug-likeness (QED) is 0.762. The molecule has 1 saturated carbocycles. The second-order valence-electron chi connectivity index (χ2n) is 5.46. The number of anilines is 1. The predicted octanol–water partition coefficient (Wildman–Crippen LogP) is 2.03. The number of carbonyl (C=O) groups excluding carboxylic acids is 2. The smallest absolute Gasteiger partial charge is 0.405 e. The number of alkyl halides is 3. The zero-order valence-corrected chi connectivity index (χ0v) is 12.4. The molecule has 0 bridgehead atoms. The van der Waals surface area contributed by atoms with E-state index in [4.69, 9.17) is 5.11 Å². The second kappa shape index (κ2) is 6.90. The summed E-state index contributed by atoms with van der Waals surface area (Å²) in [7, 11) is 0. The largest absolute Gasteiger partial charge is 0.481 e. The number of amides is 2. The molecular weight excluding hydrogens is 329 g/mol. The van der Waals surface area contributed by atoms with Crippen LogP contribution in [0, 0.1) is 11.8 Å². The van der Waals surface area contributed by atoms with Gasteiger partial charge in [-0.05, 0) is 25.0 Å². The van der Waals surface area contributed by atoms with Crippen molar-refractivity contribution in [1.29, 1.82) is 0 Å². The van der Waals surface area contributed by atoms with Gasteiger partial charge in [0.2, 0.25) is 5.91 Å². The molecular formula is C15H15F3N2O4. The maximum atomic E-state index is 12.2. The van der Waals surface area contributed by atoms with Gasteiger partial charge in [0.25, 0.3) is 5.91 Å². The Hall–Kier alpha value is -2.58. The molecule has 0 heterocycles. The van der Waals surface area contributed by atoms with E-state index < -0.39 is 42.3 Å². The van der Waals surface area contributed by atoms with Crippen LogP contribution in [-0.4, -0.2) is 35.6 Å². The van der Waals surface area contributed by atoms with Gasteiger partial charge in [-0.3, -0.25) is 14.4 Å². The lowest BCUT2D eigenvalue weighted by atomic mass is 9.73. The molecule has 0 spiro atoms. The fourth-order valence-corrected chi connectivity index (χ4v) is 2.40. The maximum Gasteiger partial charge on any atom is 0.405 e. The number of hydrogen-bond donors (Lipinski definition) is 3. The standard InChI is InChI=1S/C15H15F3N2O4/c16-15(17,18)7-19-12(21)10-3-1-2-4-11(10)20-13(22)8-5-6-9(8)14(23)24/h1-4,8-9H,5-7H2,(H,19,21)(H,20,22)(H,23,24)/t8-,9-/m1/s1. The van der Waals surface area contributed by atoms with Gasteiger partial charge < -0.3 is 15.7 Å². The minimum absolute atomic E-state index is 0.0400. The van der Waals surface area contributed by atoms with Crippen LogP contribution in [-0.2, 0) is 9.59 Å². The summed E-state index contributed by atoms with van der Waals surface area (Å²) in [5.41, 5.74) is -0.0838. The van der Waals surface area contributed by atoms with Crippen molar-refractivity contribution >= 4 is 23.5 Å². The molecule has 2 rings (SSSR count). The zero-order valence-electron chi connectivity index (χ0n) is 12.4. The number of hydrogen-bond acceptors (Lipinski definition) is 3. The van der Waals surface area contributed by atoms with E-state index >= 15 is 0 Å². The first-order chi connectivity index (χ1) is 11.2. The number of aliphatic carboxylic acids is 1. The normalized spacial score (nSPS) is 20.0. The maximum absolute atomic E-state index is 12.2. The molecule has 130 valence electrons. The lowest BCUT2D eigenvalue weighted by molar-refractivity contribution is -0.151. The molecule has 1 fully saturated rings. The third-order valence-corrected chi connectivity index (χ3v) is 3.81. The van der Waals surface area contributed by atoms with Crippen molar-refractivity contribution in [2.75, 3.05) is 11.9 Å². The summed E-state index contributed by atoms with van der Waals surface area (Å²) in [5.74, 6) is -4.11. The number of nitrogens with one attached hydrogen (secondary N) is 2. The molecule has 2 amide bonds. The van der Waals surface area contributed by atoms with Crippen LogP contribution < -0.4 is 10.6 Å². The first-order valence-electron chi connectivity index (χ1n) is 7.16. The molecule has 0 radical (unpaired) electrons. The highest BCUT2D eigenvalue weighted by Gasteiger charge is 2.41. The molecule has 0 aromatic heterocycles. The van der Waals surface area contributed by atoms with Crippen molar-refractivity contribution < 1.29 is 32.7 Å². The molecule has 1 aromatic carbocycles. The van der Waals surface area contributed by atoms with Crippen LogP contribution in [0.3, 0.4) is 0 Å². The van der Waals surface area contributed by atoms with Crippen LogP contribution in [0.5, 0.6) is 0 Å². The lowest BCUT2D eigenvalue weighted by Crippen LogP contribution is -2.41. The third kappa shape index (κ3) is 4.24. The minimum atomic E-state index is -4.55. The summed E-state index contributed by atoms with van der Waals surface area (Å²) in [6.07, 6.45) is -3.75. The molecule has 0 unspecified atom stereocenters. The van der Waals surface area contributed by atoms with Gasteiger partial charge in [0.05, 0.1) is 23.1 Å². The first kappa shape index (κ1) is 17.8. The molecule has 2 atom stereocenters. The van der Waals surface area contributed by atoms with Gasteiger partial charge in [-0.25, -0.2) is 0 Å². The summed E-state index contributed by atoms with van der Waals surface area (Å²) < 4.78 is 36.5. The molecule has 6 nitrogen and oxygen atoms in total. The number of carbonyl (C=O) groups is 3. The Balaban J connectivity index is 2.07. The Bertz CT molecular complexity index is 660. The molecule has 0 saturated heterocycles. The number of carboxylic acids is 1. The van der Waals surface area contributed by atoms with Crippen LogP contribution in [0.15, 0.2) is 24.3 Å².